The number of hydrogen-bond acceptors (Lipinski definition) is 5. The van der Waals surface area contributed by atoms with Gasteiger partial charge in [-0.15, -0.1) is 5.10 Å². The number of aromatic amines is 1. The van der Waals surface area contributed by atoms with Crippen LogP contribution in [0.15, 0.2) is 42.9 Å². The number of carbonyl (C=O) groups is 1. The number of hydrogen-bond donors (Lipinski definition) is 2. The molecular formula is C17H19N7O. The molecule has 0 aliphatic carbocycles. The minimum Gasteiger partial charge on any atom is -0.348 e. The Labute approximate surface area is 144 Å². The highest BCUT2D eigenvalue weighted by molar-refractivity contribution is 5.82. The molecule has 0 unspecified atom stereocenters. The predicted molar refractivity (Wildman–Crippen MR) is 90.7 cm³/mol. The zero-order valence-electron chi connectivity index (χ0n) is 13.7. The van der Waals surface area contributed by atoms with Crippen molar-refractivity contribution in [1.29, 1.82) is 0 Å². The first-order valence-electron chi connectivity index (χ1n) is 8.23. The standard InChI is InChI=1S/C17H19N7O/c18-14(8-12-9-19-11-20-12)17(25)23-7-6-16-15(10-23)21-22-24(16)13-4-2-1-3-5-13/h1-5,9,11,14H,6-8,10,18H2,(H,19,20)/t14-/m0/s1. The number of benzene rings is 1. The number of fused-ring (bicyclic) bond motifs is 1. The van der Waals surface area contributed by atoms with Crippen LogP contribution in [0.4, 0.5) is 0 Å². The van der Waals surface area contributed by atoms with Crippen LogP contribution in [0.3, 0.4) is 0 Å². The molecule has 1 atom stereocenters. The SMILES string of the molecule is N[C@@H](Cc1cnc[nH]1)C(=O)N1CCc2c(nnn2-c2ccccc2)C1. The van der Waals surface area contributed by atoms with Gasteiger partial charge in [-0.25, -0.2) is 9.67 Å². The van der Waals surface area contributed by atoms with Crippen LogP contribution in [0, 0.1) is 0 Å². The summed E-state index contributed by atoms with van der Waals surface area (Å²) in [4.78, 5) is 21.3. The largest absolute Gasteiger partial charge is 0.348 e. The Kier molecular flexibility index (Phi) is 4.02. The highest BCUT2D eigenvalue weighted by Crippen LogP contribution is 2.20. The monoisotopic (exact) mass is 337 g/mol. The lowest BCUT2D eigenvalue weighted by molar-refractivity contribution is -0.133. The normalized spacial score (nSPS) is 15.0. The van der Waals surface area contributed by atoms with Crippen LogP contribution < -0.4 is 5.73 Å². The van der Waals surface area contributed by atoms with Gasteiger partial charge in [0.15, 0.2) is 0 Å². The van der Waals surface area contributed by atoms with E-state index < -0.39 is 6.04 Å². The lowest BCUT2D eigenvalue weighted by Gasteiger charge is -2.28. The van der Waals surface area contributed by atoms with Crippen LogP contribution in [0.1, 0.15) is 17.1 Å². The Morgan fingerprint density at radius 2 is 2.16 bits per heavy atom. The number of nitrogens with two attached hydrogens (primary N) is 1. The second kappa shape index (κ2) is 6.48. The Bertz CT molecular complexity index is 857. The molecule has 8 nitrogen and oxygen atoms in total. The van der Waals surface area contributed by atoms with Gasteiger partial charge in [0.1, 0.15) is 5.69 Å². The van der Waals surface area contributed by atoms with Crippen molar-refractivity contribution in [2.24, 2.45) is 5.73 Å². The van der Waals surface area contributed by atoms with Gasteiger partial charge >= 0.3 is 0 Å². The molecule has 1 aliphatic heterocycles. The molecule has 25 heavy (non-hydrogen) atoms. The van der Waals surface area contributed by atoms with E-state index in [1.807, 2.05) is 35.0 Å². The topological polar surface area (TPSA) is 106 Å². The maximum absolute atomic E-state index is 12.6. The molecule has 0 saturated heterocycles. The molecule has 3 aromatic rings. The number of nitrogens with one attached hydrogen (secondary N) is 1. The molecule has 0 bridgehead atoms. The molecular weight excluding hydrogens is 318 g/mol. The zero-order valence-corrected chi connectivity index (χ0v) is 13.7. The summed E-state index contributed by atoms with van der Waals surface area (Å²) in [6.45, 7) is 1.06. The summed E-state index contributed by atoms with van der Waals surface area (Å²) >= 11 is 0. The quantitative estimate of drug-likeness (QED) is 0.719. The van der Waals surface area contributed by atoms with Crippen molar-refractivity contribution in [3.8, 4) is 5.69 Å². The van der Waals surface area contributed by atoms with E-state index in [0.29, 0.717) is 25.9 Å². The fourth-order valence-corrected chi connectivity index (χ4v) is 3.13. The van der Waals surface area contributed by atoms with Crippen LogP contribution in [-0.2, 0) is 24.2 Å². The first-order valence-corrected chi connectivity index (χ1v) is 8.23. The minimum atomic E-state index is -0.592. The molecule has 1 aliphatic rings. The smallest absolute Gasteiger partial charge is 0.240 e. The molecule has 0 saturated carbocycles. The lowest BCUT2D eigenvalue weighted by Crippen LogP contribution is -2.47. The average molecular weight is 337 g/mol. The first kappa shape index (κ1) is 15.5. The first-order chi connectivity index (χ1) is 12.2. The summed E-state index contributed by atoms with van der Waals surface area (Å²) in [6.07, 6.45) is 4.42. The van der Waals surface area contributed by atoms with Gasteiger partial charge in [-0.05, 0) is 12.1 Å². The molecule has 4 rings (SSSR count). The predicted octanol–water partition coefficient (Wildman–Crippen LogP) is 0.445. The van der Waals surface area contributed by atoms with Crippen LogP contribution in [0.5, 0.6) is 0 Å². The maximum Gasteiger partial charge on any atom is 0.240 e. The fraction of sp³-hybridized carbons (Fsp3) is 0.294. The third-order valence-electron chi connectivity index (χ3n) is 4.43. The van der Waals surface area contributed by atoms with Crippen molar-refractivity contribution in [2.45, 2.75) is 25.4 Å². The Morgan fingerprint density at radius 3 is 2.92 bits per heavy atom. The van der Waals surface area contributed by atoms with Gasteiger partial charge in [-0.2, -0.15) is 0 Å². The van der Waals surface area contributed by atoms with Crippen molar-refractivity contribution < 1.29 is 4.79 Å². The van der Waals surface area contributed by atoms with Gasteiger partial charge in [0.25, 0.3) is 0 Å². The van der Waals surface area contributed by atoms with Crippen LogP contribution in [0.2, 0.25) is 0 Å². The molecule has 3 heterocycles. The highest BCUT2D eigenvalue weighted by Gasteiger charge is 2.28. The van der Waals surface area contributed by atoms with Gasteiger partial charge in [0, 0.05) is 31.3 Å². The second-order valence-electron chi connectivity index (χ2n) is 6.13. The van der Waals surface area contributed by atoms with E-state index in [1.165, 1.54) is 0 Å². The number of imidazole rings is 1. The van der Waals surface area contributed by atoms with E-state index in [0.717, 1.165) is 22.8 Å². The van der Waals surface area contributed by atoms with E-state index in [1.54, 1.807) is 17.4 Å². The number of amides is 1. The number of para-hydroxylation sites is 1. The highest BCUT2D eigenvalue weighted by atomic mass is 16.2. The van der Waals surface area contributed by atoms with E-state index in [-0.39, 0.29) is 5.91 Å². The Morgan fingerprint density at radius 1 is 1.32 bits per heavy atom. The summed E-state index contributed by atoms with van der Waals surface area (Å²) < 4.78 is 1.85. The Balaban J connectivity index is 1.48. The number of nitrogens with zero attached hydrogens (tertiary/aromatic N) is 5. The lowest BCUT2D eigenvalue weighted by atomic mass is 10.1. The average Bonchev–Trinajstić information content (AvgIpc) is 3.30. The fourth-order valence-electron chi connectivity index (χ4n) is 3.13. The molecule has 128 valence electrons. The number of carbonyl (C=O) groups excluding carboxylic acids is 1. The molecule has 8 heteroatoms. The maximum atomic E-state index is 12.6. The van der Waals surface area contributed by atoms with Crippen molar-refractivity contribution in [3.63, 3.8) is 0 Å². The van der Waals surface area contributed by atoms with Crippen molar-refractivity contribution in [2.75, 3.05) is 6.54 Å². The van der Waals surface area contributed by atoms with Crippen molar-refractivity contribution in [3.05, 3.63) is 59.9 Å². The molecule has 2 aromatic heterocycles. The molecule has 0 fully saturated rings. The Hall–Kier alpha value is -3.00. The van der Waals surface area contributed by atoms with Gasteiger partial charge in [0.2, 0.25) is 5.91 Å². The van der Waals surface area contributed by atoms with Crippen molar-refractivity contribution >= 4 is 5.91 Å². The minimum absolute atomic E-state index is 0.0745. The number of rotatable bonds is 4. The van der Waals surface area contributed by atoms with Gasteiger partial charge < -0.3 is 15.6 Å². The van der Waals surface area contributed by atoms with E-state index >= 15 is 0 Å². The summed E-state index contributed by atoms with van der Waals surface area (Å²) in [6, 6.07) is 9.30. The van der Waals surface area contributed by atoms with Crippen LogP contribution in [0.25, 0.3) is 5.69 Å². The van der Waals surface area contributed by atoms with Crippen LogP contribution in [-0.4, -0.2) is 48.4 Å². The number of aromatic nitrogens is 5. The molecule has 1 aromatic carbocycles. The van der Waals surface area contributed by atoms with E-state index in [9.17, 15) is 4.79 Å². The molecule has 0 radical (unpaired) electrons. The third-order valence-corrected chi connectivity index (χ3v) is 4.43. The van der Waals surface area contributed by atoms with Crippen LogP contribution >= 0.6 is 0 Å². The summed E-state index contributed by atoms with van der Waals surface area (Å²) in [5.41, 5.74) is 9.79. The second-order valence-corrected chi connectivity index (χ2v) is 6.13. The molecule has 3 N–H and O–H groups in total. The van der Waals surface area contributed by atoms with Gasteiger partial charge in [0.05, 0.1) is 30.3 Å². The van der Waals surface area contributed by atoms with E-state index in [4.69, 9.17) is 5.73 Å². The molecule has 0 spiro atoms. The van der Waals surface area contributed by atoms with E-state index in [2.05, 4.69) is 20.3 Å². The third kappa shape index (κ3) is 3.03. The summed E-state index contributed by atoms with van der Waals surface area (Å²) in [7, 11) is 0. The summed E-state index contributed by atoms with van der Waals surface area (Å²) in [5.74, 6) is -0.0745. The van der Waals surface area contributed by atoms with Gasteiger partial charge in [-0.3, -0.25) is 4.79 Å². The van der Waals surface area contributed by atoms with Crippen molar-refractivity contribution in [1.82, 2.24) is 29.9 Å². The number of H-pyrrole nitrogens is 1. The summed E-state index contributed by atoms with van der Waals surface area (Å²) in [5, 5.41) is 8.51. The molecule has 1 amide bonds. The zero-order chi connectivity index (χ0) is 17.2. The van der Waals surface area contributed by atoms with Gasteiger partial charge in [-0.1, -0.05) is 23.4 Å².